The lowest BCUT2D eigenvalue weighted by molar-refractivity contribution is 0.414. The molecule has 0 aliphatic carbocycles. The molecule has 0 saturated carbocycles. The normalized spacial score (nSPS) is 11.7. The molecule has 3 aromatic rings. The molecule has 0 amide bonds. The Morgan fingerprint density at radius 2 is 1.91 bits per heavy atom. The molecule has 0 radical (unpaired) electrons. The van der Waals surface area contributed by atoms with Crippen LogP contribution in [-0.2, 0) is 16.6 Å². The molecule has 2 heterocycles. The Morgan fingerprint density at radius 1 is 1.17 bits per heavy atom. The Kier molecular flexibility index (Phi) is 4.06. The van der Waals surface area contributed by atoms with Crippen molar-refractivity contribution in [3.05, 3.63) is 60.0 Å². The van der Waals surface area contributed by atoms with E-state index >= 15 is 0 Å². The molecule has 7 heteroatoms. The lowest BCUT2D eigenvalue weighted by Crippen LogP contribution is -2.23. The Balaban J connectivity index is 1.78. The van der Waals surface area contributed by atoms with Crippen molar-refractivity contribution in [2.45, 2.75) is 18.4 Å². The minimum Gasteiger partial charge on any atom is -0.497 e. The van der Waals surface area contributed by atoms with E-state index in [1.54, 1.807) is 12.1 Å². The number of benzene rings is 1. The molecule has 0 aliphatic heterocycles. The van der Waals surface area contributed by atoms with Gasteiger partial charge in [-0.2, -0.15) is 0 Å². The Hall–Kier alpha value is -2.38. The first-order chi connectivity index (χ1) is 11.0. The number of ether oxygens (including phenoxy) is 1. The second-order valence-corrected chi connectivity index (χ2v) is 6.89. The highest BCUT2D eigenvalue weighted by Gasteiger charge is 2.14. The Labute approximate surface area is 134 Å². The van der Waals surface area contributed by atoms with Gasteiger partial charge in [-0.3, -0.25) is 0 Å². The van der Waals surface area contributed by atoms with Crippen molar-refractivity contribution in [2.24, 2.45) is 0 Å². The molecule has 23 heavy (non-hydrogen) atoms. The van der Waals surface area contributed by atoms with Crippen LogP contribution in [-0.4, -0.2) is 24.9 Å². The van der Waals surface area contributed by atoms with Crippen molar-refractivity contribution in [1.82, 2.24) is 14.1 Å². The maximum Gasteiger partial charge on any atom is 0.240 e. The highest BCUT2D eigenvalue weighted by molar-refractivity contribution is 7.89. The summed E-state index contributed by atoms with van der Waals surface area (Å²) in [6.07, 6.45) is 1.83. The maximum absolute atomic E-state index is 12.3. The van der Waals surface area contributed by atoms with E-state index in [1.807, 2.05) is 35.7 Å². The Morgan fingerprint density at radius 3 is 2.57 bits per heavy atom. The number of sulfonamides is 1. The quantitative estimate of drug-likeness (QED) is 0.777. The summed E-state index contributed by atoms with van der Waals surface area (Å²) in [6.45, 7) is 2.11. The fourth-order valence-corrected chi connectivity index (χ4v) is 3.29. The van der Waals surface area contributed by atoms with E-state index in [9.17, 15) is 8.42 Å². The van der Waals surface area contributed by atoms with Crippen LogP contribution in [0.1, 0.15) is 11.4 Å². The van der Waals surface area contributed by atoms with Gasteiger partial charge in [-0.15, -0.1) is 0 Å². The number of hydrogen-bond acceptors (Lipinski definition) is 4. The molecule has 0 aliphatic rings. The summed E-state index contributed by atoms with van der Waals surface area (Å²) < 4.78 is 34.1. The number of imidazole rings is 1. The summed E-state index contributed by atoms with van der Waals surface area (Å²) in [4.78, 5) is 4.61. The van der Waals surface area contributed by atoms with Crippen molar-refractivity contribution in [3.8, 4) is 5.75 Å². The molecular weight excluding hydrogens is 314 g/mol. The number of pyridine rings is 1. The number of nitrogens with one attached hydrogen (secondary N) is 1. The van der Waals surface area contributed by atoms with Gasteiger partial charge in [0.2, 0.25) is 10.0 Å². The SMILES string of the molecule is COc1ccc(S(=O)(=O)NCc2cn3c(C)cccc3n2)cc1. The molecule has 1 aromatic carbocycles. The predicted molar refractivity (Wildman–Crippen MR) is 86.9 cm³/mol. The number of aryl methyl sites for hydroxylation is 1. The summed E-state index contributed by atoms with van der Waals surface area (Å²) >= 11 is 0. The molecular formula is C16H17N3O3S. The van der Waals surface area contributed by atoms with Crippen molar-refractivity contribution in [2.75, 3.05) is 7.11 Å². The molecule has 0 spiro atoms. The van der Waals surface area contributed by atoms with Gasteiger partial charge in [0.25, 0.3) is 0 Å². The predicted octanol–water partition coefficient (Wildman–Crippen LogP) is 2.13. The topological polar surface area (TPSA) is 72.7 Å². The third kappa shape index (κ3) is 3.20. The van der Waals surface area contributed by atoms with Crippen molar-refractivity contribution >= 4 is 15.7 Å². The highest BCUT2D eigenvalue weighted by Crippen LogP contribution is 2.16. The van der Waals surface area contributed by atoms with Gasteiger partial charge in [-0.05, 0) is 43.3 Å². The molecule has 2 aromatic heterocycles. The van der Waals surface area contributed by atoms with Crippen LogP contribution in [0, 0.1) is 6.92 Å². The van der Waals surface area contributed by atoms with Gasteiger partial charge in [-0.1, -0.05) is 6.07 Å². The average molecular weight is 331 g/mol. The molecule has 0 unspecified atom stereocenters. The molecule has 0 saturated heterocycles. The van der Waals surface area contributed by atoms with Gasteiger partial charge >= 0.3 is 0 Å². The molecule has 3 rings (SSSR count). The van der Waals surface area contributed by atoms with E-state index < -0.39 is 10.0 Å². The van der Waals surface area contributed by atoms with E-state index in [0.29, 0.717) is 11.4 Å². The minimum absolute atomic E-state index is 0.134. The number of methoxy groups -OCH3 is 1. The van der Waals surface area contributed by atoms with Gasteiger partial charge in [-0.25, -0.2) is 18.1 Å². The van der Waals surface area contributed by atoms with E-state index in [2.05, 4.69) is 9.71 Å². The van der Waals surface area contributed by atoms with Crippen LogP contribution in [0.4, 0.5) is 0 Å². The summed E-state index contributed by atoms with van der Waals surface area (Å²) in [6, 6.07) is 12.0. The monoisotopic (exact) mass is 331 g/mol. The average Bonchev–Trinajstić information content (AvgIpc) is 2.98. The second kappa shape index (κ2) is 6.02. The molecule has 0 atom stereocenters. The fraction of sp³-hybridized carbons (Fsp3) is 0.188. The zero-order chi connectivity index (χ0) is 16.4. The lowest BCUT2D eigenvalue weighted by atomic mass is 10.3. The van der Waals surface area contributed by atoms with Crippen molar-refractivity contribution in [3.63, 3.8) is 0 Å². The van der Waals surface area contributed by atoms with E-state index in [4.69, 9.17) is 4.74 Å². The molecule has 0 bridgehead atoms. The van der Waals surface area contributed by atoms with Crippen molar-refractivity contribution in [1.29, 1.82) is 0 Å². The first kappa shape index (κ1) is 15.5. The smallest absolute Gasteiger partial charge is 0.240 e. The fourth-order valence-electron chi connectivity index (χ4n) is 2.29. The Bertz CT molecular complexity index is 931. The third-order valence-corrected chi connectivity index (χ3v) is 4.98. The molecule has 120 valence electrons. The van der Waals surface area contributed by atoms with Gasteiger partial charge in [0.15, 0.2) is 0 Å². The number of nitrogens with zero attached hydrogens (tertiary/aromatic N) is 2. The lowest BCUT2D eigenvalue weighted by Gasteiger charge is -2.06. The molecule has 6 nitrogen and oxygen atoms in total. The number of rotatable bonds is 5. The van der Waals surface area contributed by atoms with Crippen LogP contribution in [0.15, 0.2) is 53.6 Å². The van der Waals surface area contributed by atoms with Crippen LogP contribution in [0.3, 0.4) is 0 Å². The minimum atomic E-state index is -3.59. The highest BCUT2D eigenvalue weighted by atomic mass is 32.2. The third-order valence-electron chi connectivity index (χ3n) is 3.56. The van der Waals surface area contributed by atoms with Gasteiger partial charge in [0, 0.05) is 11.9 Å². The number of hydrogen-bond donors (Lipinski definition) is 1. The van der Waals surface area contributed by atoms with Crippen LogP contribution >= 0.6 is 0 Å². The second-order valence-electron chi connectivity index (χ2n) is 5.13. The first-order valence-electron chi connectivity index (χ1n) is 7.07. The first-order valence-corrected chi connectivity index (χ1v) is 8.55. The number of fused-ring (bicyclic) bond motifs is 1. The van der Waals surface area contributed by atoms with Crippen LogP contribution < -0.4 is 9.46 Å². The zero-order valence-corrected chi connectivity index (χ0v) is 13.7. The van der Waals surface area contributed by atoms with E-state index in [-0.39, 0.29) is 11.4 Å². The maximum atomic E-state index is 12.3. The standard InChI is InChI=1S/C16H17N3O3S/c1-12-4-3-5-16-18-13(11-19(12)16)10-17-23(20,21)15-8-6-14(22-2)7-9-15/h3-9,11,17H,10H2,1-2H3. The molecule has 1 N–H and O–H groups in total. The van der Waals surface area contributed by atoms with Crippen LogP contribution in [0.5, 0.6) is 5.75 Å². The summed E-state index contributed by atoms with van der Waals surface area (Å²) in [5.41, 5.74) is 2.50. The van der Waals surface area contributed by atoms with E-state index in [0.717, 1.165) is 11.3 Å². The summed E-state index contributed by atoms with van der Waals surface area (Å²) in [5.74, 6) is 0.611. The van der Waals surface area contributed by atoms with Gasteiger partial charge in [0.1, 0.15) is 11.4 Å². The summed E-state index contributed by atoms with van der Waals surface area (Å²) in [5, 5.41) is 0. The largest absolute Gasteiger partial charge is 0.497 e. The van der Waals surface area contributed by atoms with Gasteiger partial charge in [0.05, 0.1) is 24.2 Å². The number of aromatic nitrogens is 2. The van der Waals surface area contributed by atoms with Crippen LogP contribution in [0.25, 0.3) is 5.65 Å². The zero-order valence-electron chi connectivity index (χ0n) is 12.9. The summed E-state index contributed by atoms with van der Waals surface area (Å²) in [7, 11) is -2.05. The molecule has 0 fully saturated rings. The van der Waals surface area contributed by atoms with Crippen molar-refractivity contribution < 1.29 is 13.2 Å². The van der Waals surface area contributed by atoms with Gasteiger partial charge < -0.3 is 9.14 Å². The van der Waals surface area contributed by atoms with E-state index in [1.165, 1.54) is 19.2 Å². The van der Waals surface area contributed by atoms with Crippen LogP contribution in [0.2, 0.25) is 0 Å².